The average Bonchev–Trinajstić information content (AvgIpc) is 2.61. The van der Waals surface area contributed by atoms with Gasteiger partial charge in [-0.25, -0.2) is 4.79 Å². The van der Waals surface area contributed by atoms with Crippen LogP contribution in [0.4, 0.5) is 4.79 Å². The van der Waals surface area contributed by atoms with Gasteiger partial charge in [-0.1, -0.05) is 25.1 Å². The van der Waals surface area contributed by atoms with Crippen molar-refractivity contribution >= 4 is 6.03 Å². The lowest BCUT2D eigenvalue weighted by atomic mass is 10.1. The number of aliphatic hydroxyl groups is 1. The third kappa shape index (κ3) is 5.11. The molecule has 0 bridgehead atoms. The van der Waals surface area contributed by atoms with Crippen molar-refractivity contribution in [1.29, 1.82) is 0 Å². The lowest BCUT2D eigenvalue weighted by Gasteiger charge is -2.35. The summed E-state index contributed by atoms with van der Waals surface area (Å²) in [6.45, 7) is 8.55. The minimum Gasteiger partial charge on any atom is -0.493 e. The molecule has 0 spiro atoms. The number of carbonyl (C=O) groups is 1. The molecule has 0 unspecified atom stereocenters. The molecule has 0 aliphatic carbocycles. The van der Waals surface area contributed by atoms with Crippen LogP contribution in [-0.2, 0) is 0 Å². The Bertz CT molecular complexity index is 516. The Hall–Kier alpha value is -1.79. The van der Waals surface area contributed by atoms with Gasteiger partial charge in [0.25, 0.3) is 0 Å². The number of hydrogen-bond acceptors (Lipinski definition) is 4. The first kappa shape index (κ1) is 18.5. The molecule has 1 aliphatic heterocycles. The zero-order valence-electron chi connectivity index (χ0n) is 14.7. The van der Waals surface area contributed by atoms with E-state index in [4.69, 9.17) is 9.84 Å². The zero-order valence-corrected chi connectivity index (χ0v) is 14.7. The smallest absolute Gasteiger partial charge is 0.317 e. The third-order valence-corrected chi connectivity index (χ3v) is 4.26. The summed E-state index contributed by atoms with van der Waals surface area (Å²) in [6, 6.07) is 7.70. The standard InChI is InChI=1S/C18H29N3O3/c1-3-14-24-17-7-5-4-6-16(17)15(2)19-18(23)21-10-8-20(9-11-21)12-13-22/h4-7,15,22H,3,8-14H2,1-2H3,(H,19,23)/t15-/m0/s1. The number of piperazine rings is 1. The molecule has 1 aromatic rings. The van der Waals surface area contributed by atoms with E-state index in [1.807, 2.05) is 36.1 Å². The fourth-order valence-electron chi connectivity index (χ4n) is 2.85. The Labute approximate surface area is 144 Å². The van der Waals surface area contributed by atoms with Crippen molar-refractivity contribution in [3.05, 3.63) is 29.8 Å². The highest BCUT2D eigenvalue weighted by Crippen LogP contribution is 2.25. The minimum absolute atomic E-state index is 0.0450. The van der Waals surface area contributed by atoms with Gasteiger partial charge in [-0.15, -0.1) is 0 Å². The molecule has 2 N–H and O–H groups in total. The number of hydrogen-bond donors (Lipinski definition) is 2. The molecule has 24 heavy (non-hydrogen) atoms. The lowest BCUT2D eigenvalue weighted by Crippen LogP contribution is -2.52. The molecular formula is C18H29N3O3. The normalized spacial score (nSPS) is 16.7. The van der Waals surface area contributed by atoms with Crippen LogP contribution in [0.3, 0.4) is 0 Å². The first-order chi connectivity index (χ1) is 11.7. The Morgan fingerprint density at radius 1 is 1.29 bits per heavy atom. The number of urea groups is 1. The predicted octanol–water partition coefficient (Wildman–Crippen LogP) is 1.86. The van der Waals surface area contributed by atoms with Gasteiger partial charge in [0, 0.05) is 38.3 Å². The predicted molar refractivity (Wildman–Crippen MR) is 94.3 cm³/mol. The molecule has 1 atom stereocenters. The minimum atomic E-state index is -0.110. The molecule has 1 fully saturated rings. The van der Waals surface area contributed by atoms with Crippen LogP contribution in [0.25, 0.3) is 0 Å². The van der Waals surface area contributed by atoms with Crippen LogP contribution < -0.4 is 10.1 Å². The summed E-state index contributed by atoms with van der Waals surface area (Å²) in [5.74, 6) is 0.833. The number of nitrogens with one attached hydrogen (secondary N) is 1. The van der Waals surface area contributed by atoms with E-state index in [9.17, 15) is 4.79 Å². The quantitative estimate of drug-likeness (QED) is 0.798. The van der Waals surface area contributed by atoms with Crippen LogP contribution in [0, 0.1) is 0 Å². The highest BCUT2D eigenvalue weighted by Gasteiger charge is 2.22. The van der Waals surface area contributed by atoms with E-state index in [1.165, 1.54) is 0 Å². The molecule has 6 nitrogen and oxygen atoms in total. The van der Waals surface area contributed by atoms with E-state index in [1.54, 1.807) is 0 Å². The van der Waals surface area contributed by atoms with Crippen molar-refractivity contribution < 1.29 is 14.6 Å². The summed E-state index contributed by atoms with van der Waals surface area (Å²) in [4.78, 5) is 16.5. The van der Waals surface area contributed by atoms with Gasteiger partial charge in [0.2, 0.25) is 0 Å². The number of carbonyl (C=O) groups excluding carboxylic acids is 1. The highest BCUT2D eigenvalue weighted by atomic mass is 16.5. The molecule has 2 amide bonds. The summed E-state index contributed by atoms with van der Waals surface area (Å²) in [6.07, 6.45) is 0.952. The first-order valence-corrected chi connectivity index (χ1v) is 8.76. The third-order valence-electron chi connectivity index (χ3n) is 4.26. The zero-order chi connectivity index (χ0) is 17.4. The fourth-order valence-corrected chi connectivity index (χ4v) is 2.85. The Balaban J connectivity index is 1.90. The number of amides is 2. The summed E-state index contributed by atoms with van der Waals surface area (Å²) in [7, 11) is 0. The van der Waals surface area contributed by atoms with Gasteiger partial charge in [0.05, 0.1) is 19.3 Å². The second-order valence-electron chi connectivity index (χ2n) is 6.11. The maximum atomic E-state index is 12.5. The van der Waals surface area contributed by atoms with Gasteiger partial charge in [-0.05, 0) is 19.4 Å². The number of para-hydroxylation sites is 1. The SMILES string of the molecule is CCCOc1ccccc1[C@H](C)NC(=O)N1CCN(CCO)CC1. The van der Waals surface area contributed by atoms with Crippen LogP contribution in [0.15, 0.2) is 24.3 Å². The topological polar surface area (TPSA) is 65.0 Å². The van der Waals surface area contributed by atoms with Crippen molar-refractivity contribution in [3.8, 4) is 5.75 Å². The van der Waals surface area contributed by atoms with E-state index in [-0.39, 0.29) is 18.7 Å². The summed E-state index contributed by atoms with van der Waals surface area (Å²) in [5, 5.41) is 12.0. The molecule has 1 saturated heterocycles. The van der Waals surface area contributed by atoms with E-state index >= 15 is 0 Å². The van der Waals surface area contributed by atoms with Crippen LogP contribution >= 0.6 is 0 Å². The molecule has 1 heterocycles. The van der Waals surface area contributed by atoms with Gasteiger partial charge in [0.15, 0.2) is 0 Å². The average molecular weight is 335 g/mol. The first-order valence-electron chi connectivity index (χ1n) is 8.76. The van der Waals surface area contributed by atoms with Crippen LogP contribution in [-0.4, -0.2) is 66.9 Å². The molecule has 6 heteroatoms. The maximum Gasteiger partial charge on any atom is 0.317 e. The van der Waals surface area contributed by atoms with Crippen LogP contribution in [0.5, 0.6) is 5.75 Å². The second-order valence-corrected chi connectivity index (χ2v) is 6.11. The number of aliphatic hydroxyl groups excluding tert-OH is 1. The molecule has 2 rings (SSSR count). The van der Waals surface area contributed by atoms with E-state index in [0.717, 1.165) is 30.8 Å². The lowest BCUT2D eigenvalue weighted by molar-refractivity contribution is 0.121. The molecule has 0 saturated carbocycles. The largest absolute Gasteiger partial charge is 0.493 e. The Kier molecular flexibility index (Phi) is 7.34. The number of ether oxygens (including phenoxy) is 1. The van der Waals surface area contributed by atoms with E-state index in [0.29, 0.717) is 26.2 Å². The Morgan fingerprint density at radius 2 is 2.00 bits per heavy atom. The van der Waals surface area contributed by atoms with Gasteiger partial charge in [-0.3, -0.25) is 4.90 Å². The van der Waals surface area contributed by atoms with Crippen LogP contribution in [0.1, 0.15) is 31.9 Å². The second kappa shape index (κ2) is 9.49. The maximum absolute atomic E-state index is 12.5. The fraction of sp³-hybridized carbons (Fsp3) is 0.611. The van der Waals surface area contributed by atoms with E-state index in [2.05, 4.69) is 17.1 Å². The summed E-state index contributed by atoms with van der Waals surface area (Å²) < 4.78 is 5.78. The Morgan fingerprint density at radius 3 is 2.67 bits per heavy atom. The van der Waals surface area contributed by atoms with Gasteiger partial charge >= 0.3 is 6.03 Å². The van der Waals surface area contributed by atoms with E-state index < -0.39 is 0 Å². The summed E-state index contributed by atoms with van der Waals surface area (Å²) in [5.41, 5.74) is 0.998. The van der Waals surface area contributed by atoms with Crippen LogP contribution in [0.2, 0.25) is 0 Å². The molecule has 0 aromatic heterocycles. The van der Waals surface area contributed by atoms with Crippen molar-refractivity contribution in [1.82, 2.24) is 15.1 Å². The number of nitrogens with zero attached hydrogens (tertiary/aromatic N) is 2. The molecule has 0 radical (unpaired) electrons. The number of rotatable bonds is 7. The van der Waals surface area contributed by atoms with Crippen molar-refractivity contribution in [2.75, 3.05) is 45.9 Å². The van der Waals surface area contributed by atoms with Crippen molar-refractivity contribution in [3.63, 3.8) is 0 Å². The van der Waals surface area contributed by atoms with Gasteiger partial charge < -0.3 is 20.1 Å². The highest BCUT2D eigenvalue weighted by molar-refractivity contribution is 5.75. The van der Waals surface area contributed by atoms with Gasteiger partial charge in [0.1, 0.15) is 5.75 Å². The number of benzene rings is 1. The number of β-amino-alcohol motifs (C(OH)–C–C–N with tert-alkyl or cyclic N) is 1. The van der Waals surface area contributed by atoms with Gasteiger partial charge in [-0.2, -0.15) is 0 Å². The summed E-state index contributed by atoms with van der Waals surface area (Å²) >= 11 is 0. The van der Waals surface area contributed by atoms with Crippen molar-refractivity contribution in [2.45, 2.75) is 26.3 Å². The molecular weight excluding hydrogens is 306 g/mol. The van der Waals surface area contributed by atoms with Crippen molar-refractivity contribution in [2.24, 2.45) is 0 Å². The molecule has 1 aromatic carbocycles. The molecule has 134 valence electrons. The molecule has 1 aliphatic rings. The monoisotopic (exact) mass is 335 g/mol.